The Morgan fingerprint density at radius 1 is 1.07 bits per heavy atom. The maximum absolute atomic E-state index is 13.3. The minimum absolute atomic E-state index is 0.213. The highest BCUT2D eigenvalue weighted by atomic mass is 79.9. The molecule has 1 amide bonds. The first-order valence-corrected chi connectivity index (χ1v) is 9.83. The fourth-order valence-electron chi connectivity index (χ4n) is 3.58. The second-order valence-corrected chi connectivity index (χ2v) is 7.96. The summed E-state index contributed by atoms with van der Waals surface area (Å²) >= 11 is 3.42. The lowest BCUT2D eigenvalue weighted by Crippen LogP contribution is -2.30. The van der Waals surface area contributed by atoms with E-state index in [1.54, 1.807) is 55.5 Å². The van der Waals surface area contributed by atoms with Crippen molar-refractivity contribution in [3.8, 4) is 0 Å². The predicted molar refractivity (Wildman–Crippen MR) is 110 cm³/mol. The van der Waals surface area contributed by atoms with Gasteiger partial charge in [-0.25, -0.2) is 0 Å². The van der Waals surface area contributed by atoms with Crippen LogP contribution < -0.4 is 4.90 Å². The topological polar surface area (TPSA) is 80.5 Å². The van der Waals surface area contributed by atoms with E-state index in [0.717, 1.165) is 10.0 Å². The van der Waals surface area contributed by atoms with Gasteiger partial charge < -0.3 is 4.52 Å². The Morgan fingerprint density at radius 3 is 2.41 bits per heavy atom. The van der Waals surface area contributed by atoms with Crippen molar-refractivity contribution in [2.24, 2.45) is 5.92 Å². The molecule has 2 heterocycles. The number of carbonyl (C=O) groups is 3. The van der Waals surface area contributed by atoms with Crippen molar-refractivity contribution in [2.75, 3.05) is 4.90 Å². The highest BCUT2D eigenvalue weighted by Gasteiger charge is 2.53. The molecule has 1 saturated heterocycles. The lowest BCUT2D eigenvalue weighted by Gasteiger charge is -2.25. The molecule has 3 aromatic rings. The number of benzene rings is 2. The van der Waals surface area contributed by atoms with Crippen molar-refractivity contribution < 1.29 is 18.9 Å². The Kier molecular flexibility index (Phi) is 4.92. The summed E-state index contributed by atoms with van der Waals surface area (Å²) in [5, 5.41) is 3.91. The Bertz CT molecular complexity index is 1120. The molecular weight excluding hydrogens is 436 g/mol. The van der Waals surface area contributed by atoms with Crippen LogP contribution in [-0.4, -0.2) is 22.6 Å². The lowest BCUT2D eigenvalue weighted by atomic mass is 9.86. The fraction of sp³-hybridized carbons (Fsp3) is 0.182. The number of aromatic nitrogens is 1. The van der Waals surface area contributed by atoms with Crippen molar-refractivity contribution in [3.05, 3.63) is 81.5 Å². The van der Waals surface area contributed by atoms with E-state index < -0.39 is 29.4 Å². The van der Waals surface area contributed by atoms with E-state index >= 15 is 0 Å². The maximum Gasteiger partial charge on any atom is 0.297 e. The average molecular weight is 453 g/mol. The Labute approximate surface area is 175 Å². The number of hydrogen-bond donors (Lipinski definition) is 0. The largest absolute Gasteiger partial charge is 0.360 e. The summed E-state index contributed by atoms with van der Waals surface area (Å²) in [6, 6.07) is 15.0. The Hall–Kier alpha value is -3.06. The average Bonchev–Trinajstić information content (AvgIpc) is 3.23. The number of anilines is 1. The highest BCUT2D eigenvalue weighted by Crippen LogP contribution is 2.41. The number of ketones is 2. The molecule has 0 radical (unpaired) electrons. The van der Waals surface area contributed by atoms with E-state index in [9.17, 15) is 14.4 Å². The zero-order valence-corrected chi connectivity index (χ0v) is 17.3. The maximum atomic E-state index is 13.3. The number of nitrogens with zero attached hydrogens (tertiary/aromatic N) is 2. The van der Waals surface area contributed by atoms with Gasteiger partial charge in [0, 0.05) is 16.1 Å². The molecule has 1 fully saturated rings. The Balaban J connectivity index is 1.85. The van der Waals surface area contributed by atoms with Crippen LogP contribution in [0.2, 0.25) is 0 Å². The molecule has 1 aliphatic rings. The minimum Gasteiger partial charge on any atom is -0.360 e. The van der Waals surface area contributed by atoms with Crippen LogP contribution >= 0.6 is 15.9 Å². The molecule has 2 aromatic carbocycles. The second-order valence-electron chi connectivity index (χ2n) is 7.04. The predicted octanol–water partition coefficient (Wildman–Crippen LogP) is 4.21. The molecule has 6 nitrogen and oxygen atoms in total. The standard InChI is InChI=1S/C22H17BrN2O4/c1-12-6-8-14(9-7-12)20(26)18-19(15-4-3-5-16(23)11-15)25(22(28)21(18)27)17-10-13(2)29-24-17/h3-11,18-19H,1-2H3. The number of hydrogen-bond acceptors (Lipinski definition) is 5. The van der Waals surface area contributed by atoms with E-state index in [-0.39, 0.29) is 5.82 Å². The number of halogens is 1. The van der Waals surface area contributed by atoms with Crippen molar-refractivity contribution in [1.82, 2.24) is 5.16 Å². The first-order chi connectivity index (χ1) is 13.9. The van der Waals surface area contributed by atoms with Crippen LogP contribution in [0.4, 0.5) is 5.82 Å². The number of rotatable bonds is 4. The van der Waals surface area contributed by atoms with Gasteiger partial charge in [0.15, 0.2) is 11.6 Å². The molecule has 0 bridgehead atoms. The van der Waals surface area contributed by atoms with Crippen molar-refractivity contribution >= 4 is 39.2 Å². The fourth-order valence-corrected chi connectivity index (χ4v) is 3.99. The van der Waals surface area contributed by atoms with E-state index in [4.69, 9.17) is 4.52 Å². The van der Waals surface area contributed by atoms with Crippen LogP contribution in [0, 0.1) is 19.8 Å². The first kappa shape index (κ1) is 19.3. The molecule has 0 aliphatic carbocycles. The Morgan fingerprint density at radius 2 is 1.79 bits per heavy atom. The normalized spacial score (nSPS) is 19.1. The van der Waals surface area contributed by atoms with Gasteiger partial charge in [0.25, 0.3) is 5.91 Å². The lowest BCUT2D eigenvalue weighted by molar-refractivity contribution is -0.135. The SMILES string of the molecule is Cc1ccc(C(=O)C2C(=O)C(=O)N(c3cc(C)on3)C2c2cccc(Br)c2)cc1. The quantitative estimate of drug-likeness (QED) is 0.336. The summed E-state index contributed by atoms with van der Waals surface area (Å²) in [5.74, 6) is -2.37. The van der Waals surface area contributed by atoms with Gasteiger partial charge in [-0.3, -0.25) is 19.3 Å². The summed E-state index contributed by atoms with van der Waals surface area (Å²) in [4.78, 5) is 40.4. The first-order valence-electron chi connectivity index (χ1n) is 9.04. The molecule has 29 heavy (non-hydrogen) atoms. The zero-order chi connectivity index (χ0) is 20.7. The molecule has 7 heteroatoms. The molecule has 4 rings (SSSR count). The molecule has 0 saturated carbocycles. The third-order valence-electron chi connectivity index (χ3n) is 4.98. The molecule has 0 spiro atoms. The van der Waals surface area contributed by atoms with Gasteiger partial charge in [0.1, 0.15) is 11.7 Å². The summed E-state index contributed by atoms with van der Waals surface area (Å²) in [7, 11) is 0. The van der Waals surface area contributed by atoms with Gasteiger partial charge in [0.05, 0.1) is 6.04 Å². The number of amides is 1. The minimum atomic E-state index is -1.17. The van der Waals surface area contributed by atoms with Gasteiger partial charge in [-0.2, -0.15) is 0 Å². The molecule has 2 unspecified atom stereocenters. The van der Waals surface area contributed by atoms with Crippen LogP contribution in [0.15, 0.2) is 63.6 Å². The van der Waals surface area contributed by atoms with E-state index in [0.29, 0.717) is 16.9 Å². The molecule has 146 valence electrons. The van der Waals surface area contributed by atoms with Gasteiger partial charge >= 0.3 is 0 Å². The summed E-state index contributed by atoms with van der Waals surface area (Å²) in [5.41, 5.74) is 2.04. The van der Waals surface area contributed by atoms with Crippen LogP contribution in [0.1, 0.15) is 33.3 Å². The third-order valence-corrected chi connectivity index (χ3v) is 5.47. The van der Waals surface area contributed by atoms with Crippen molar-refractivity contribution in [3.63, 3.8) is 0 Å². The van der Waals surface area contributed by atoms with Crippen molar-refractivity contribution in [2.45, 2.75) is 19.9 Å². The molecule has 2 atom stereocenters. The summed E-state index contributed by atoms with van der Waals surface area (Å²) in [6.07, 6.45) is 0. The highest BCUT2D eigenvalue weighted by molar-refractivity contribution is 9.10. The second kappa shape index (κ2) is 7.40. The zero-order valence-electron chi connectivity index (χ0n) is 15.8. The van der Waals surface area contributed by atoms with Crippen LogP contribution in [0.3, 0.4) is 0 Å². The molecule has 1 aliphatic heterocycles. The van der Waals surface area contributed by atoms with Crippen LogP contribution in [0.25, 0.3) is 0 Å². The van der Waals surface area contributed by atoms with E-state index in [1.807, 2.05) is 13.0 Å². The number of Topliss-reactive ketones (excluding diaryl/α,β-unsaturated/α-hetero) is 2. The van der Waals surface area contributed by atoms with Gasteiger partial charge in [-0.15, -0.1) is 0 Å². The smallest absolute Gasteiger partial charge is 0.297 e. The monoisotopic (exact) mass is 452 g/mol. The van der Waals surface area contributed by atoms with Gasteiger partial charge in [-0.1, -0.05) is 63.0 Å². The van der Waals surface area contributed by atoms with E-state index in [1.165, 1.54) is 4.90 Å². The third kappa shape index (κ3) is 3.42. The van der Waals surface area contributed by atoms with E-state index in [2.05, 4.69) is 21.1 Å². The van der Waals surface area contributed by atoms with Crippen molar-refractivity contribution in [1.29, 1.82) is 0 Å². The molecule has 0 N–H and O–H groups in total. The summed E-state index contributed by atoms with van der Waals surface area (Å²) in [6.45, 7) is 3.61. The number of aryl methyl sites for hydroxylation is 2. The van der Waals surface area contributed by atoms with Gasteiger partial charge in [-0.05, 0) is 31.5 Å². The van der Waals surface area contributed by atoms with Gasteiger partial charge in [0.2, 0.25) is 5.78 Å². The number of carbonyl (C=O) groups excluding carboxylic acids is 3. The van der Waals surface area contributed by atoms with Crippen LogP contribution in [0.5, 0.6) is 0 Å². The summed E-state index contributed by atoms with van der Waals surface area (Å²) < 4.78 is 5.89. The van der Waals surface area contributed by atoms with Crippen LogP contribution in [-0.2, 0) is 9.59 Å². The molecular formula is C22H17BrN2O4. The molecule has 1 aromatic heterocycles.